The van der Waals surface area contributed by atoms with Gasteiger partial charge in [-0.2, -0.15) is 0 Å². The van der Waals surface area contributed by atoms with Gasteiger partial charge in [-0.25, -0.2) is 0 Å². The molecular formula is C4H9O3P. The molecule has 0 saturated carbocycles. The summed E-state index contributed by atoms with van der Waals surface area (Å²) < 4.78 is 9.76. The van der Waals surface area contributed by atoms with Crippen LogP contribution in [0.2, 0.25) is 0 Å². The SMILES string of the molecule is OC1COC(P)OC1. The van der Waals surface area contributed by atoms with Gasteiger partial charge in [0.05, 0.1) is 13.2 Å². The second-order valence-electron chi connectivity index (χ2n) is 1.69. The molecule has 4 heteroatoms. The van der Waals surface area contributed by atoms with Crippen LogP contribution in [0, 0.1) is 0 Å². The van der Waals surface area contributed by atoms with Crippen molar-refractivity contribution in [2.45, 2.75) is 12.1 Å². The summed E-state index contributed by atoms with van der Waals surface area (Å²) in [6, 6.07) is -0.224. The van der Waals surface area contributed by atoms with Crippen LogP contribution in [0.1, 0.15) is 0 Å². The second kappa shape index (κ2) is 2.74. The molecule has 1 rings (SSSR count). The summed E-state index contributed by atoms with van der Waals surface area (Å²) in [5, 5.41) is 8.77. The number of rotatable bonds is 0. The Morgan fingerprint density at radius 1 is 1.38 bits per heavy atom. The molecule has 8 heavy (non-hydrogen) atoms. The van der Waals surface area contributed by atoms with Gasteiger partial charge in [0.15, 0.2) is 6.03 Å². The quantitative estimate of drug-likeness (QED) is 0.458. The van der Waals surface area contributed by atoms with E-state index in [1.54, 1.807) is 0 Å². The first kappa shape index (κ1) is 6.43. The zero-order valence-electron chi connectivity index (χ0n) is 4.41. The van der Waals surface area contributed by atoms with E-state index in [0.29, 0.717) is 13.2 Å². The lowest BCUT2D eigenvalue weighted by molar-refractivity contribution is -0.172. The Balaban J connectivity index is 2.19. The zero-order chi connectivity index (χ0) is 5.98. The van der Waals surface area contributed by atoms with Crippen LogP contribution < -0.4 is 0 Å². The molecule has 1 atom stereocenters. The van der Waals surface area contributed by atoms with Crippen molar-refractivity contribution >= 4 is 9.24 Å². The van der Waals surface area contributed by atoms with E-state index in [2.05, 4.69) is 9.24 Å². The highest BCUT2D eigenvalue weighted by Crippen LogP contribution is 2.10. The lowest BCUT2D eigenvalue weighted by Gasteiger charge is -2.23. The Kier molecular flexibility index (Phi) is 2.20. The molecule has 1 heterocycles. The fraction of sp³-hybridized carbons (Fsp3) is 1.00. The van der Waals surface area contributed by atoms with Crippen LogP contribution in [0.3, 0.4) is 0 Å². The van der Waals surface area contributed by atoms with Gasteiger partial charge < -0.3 is 14.6 Å². The number of aliphatic hydroxyl groups excluding tert-OH is 1. The maximum Gasteiger partial charge on any atom is 0.170 e. The van der Waals surface area contributed by atoms with Gasteiger partial charge in [0, 0.05) is 0 Å². The molecule has 1 fully saturated rings. The Bertz CT molecular complexity index is 59.7. The summed E-state index contributed by atoms with van der Waals surface area (Å²) in [4.78, 5) is 0. The highest BCUT2D eigenvalue weighted by Gasteiger charge is 2.15. The van der Waals surface area contributed by atoms with Crippen LogP contribution in [0.15, 0.2) is 0 Å². The molecule has 1 unspecified atom stereocenters. The molecular weight excluding hydrogens is 127 g/mol. The van der Waals surface area contributed by atoms with Crippen molar-refractivity contribution in [2.24, 2.45) is 0 Å². The third kappa shape index (κ3) is 1.67. The Labute approximate surface area is 50.2 Å². The van der Waals surface area contributed by atoms with Crippen LogP contribution >= 0.6 is 9.24 Å². The van der Waals surface area contributed by atoms with Crippen molar-refractivity contribution in [2.75, 3.05) is 13.2 Å². The normalized spacial score (nSPS) is 39.8. The Morgan fingerprint density at radius 3 is 2.25 bits per heavy atom. The first-order chi connectivity index (χ1) is 3.79. The van der Waals surface area contributed by atoms with Gasteiger partial charge in [-0.3, -0.25) is 0 Å². The molecule has 0 aromatic heterocycles. The van der Waals surface area contributed by atoms with Crippen molar-refractivity contribution in [3.05, 3.63) is 0 Å². The number of aliphatic hydroxyl groups is 1. The fourth-order valence-electron chi connectivity index (χ4n) is 0.508. The van der Waals surface area contributed by atoms with E-state index in [1.807, 2.05) is 0 Å². The largest absolute Gasteiger partial charge is 0.388 e. The van der Waals surface area contributed by atoms with Gasteiger partial charge in [0.1, 0.15) is 6.10 Å². The molecule has 48 valence electrons. The van der Waals surface area contributed by atoms with Gasteiger partial charge in [-0.1, -0.05) is 9.24 Å². The van der Waals surface area contributed by atoms with E-state index in [-0.39, 0.29) is 6.03 Å². The van der Waals surface area contributed by atoms with Crippen LogP contribution in [0.5, 0.6) is 0 Å². The summed E-state index contributed by atoms with van der Waals surface area (Å²) in [6.07, 6.45) is -0.438. The van der Waals surface area contributed by atoms with Gasteiger partial charge >= 0.3 is 0 Å². The minimum atomic E-state index is -0.438. The van der Waals surface area contributed by atoms with Gasteiger partial charge in [-0.15, -0.1) is 0 Å². The number of hydrogen-bond donors (Lipinski definition) is 1. The van der Waals surface area contributed by atoms with Crippen molar-refractivity contribution in [3.63, 3.8) is 0 Å². The number of ether oxygens (including phenoxy) is 2. The number of hydrogen-bond acceptors (Lipinski definition) is 3. The standard InChI is InChI=1S/C4H9O3P/c5-3-1-6-4(8)7-2-3/h3-5H,1-2,8H2. The average molecular weight is 136 g/mol. The maximum absolute atomic E-state index is 8.77. The molecule has 1 aliphatic heterocycles. The summed E-state index contributed by atoms with van der Waals surface area (Å²) in [7, 11) is 2.37. The van der Waals surface area contributed by atoms with Crippen molar-refractivity contribution in [1.29, 1.82) is 0 Å². The molecule has 3 nitrogen and oxygen atoms in total. The summed E-state index contributed by atoms with van der Waals surface area (Å²) in [6.45, 7) is 0.766. The van der Waals surface area contributed by atoms with E-state index in [1.165, 1.54) is 0 Å². The van der Waals surface area contributed by atoms with Crippen molar-refractivity contribution in [1.82, 2.24) is 0 Å². The molecule has 1 N–H and O–H groups in total. The average Bonchev–Trinajstić information content (AvgIpc) is 1.77. The van der Waals surface area contributed by atoms with E-state index in [9.17, 15) is 0 Å². The van der Waals surface area contributed by atoms with Gasteiger partial charge in [-0.05, 0) is 0 Å². The zero-order valence-corrected chi connectivity index (χ0v) is 5.56. The predicted octanol–water partition coefficient (Wildman–Crippen LogP) is -0.447. The van der Waals surface area contributed by atoms with Gasteiger partial charge in [0.25, 0.3) is 0 Å². The highest BCUT2D eigenvalue weighted by molar-refractivity contribution is 7.16. The van der Waals surface area contributed by atoms with Crippen LogP contribution in [-0.2, 0) is 9.47 Å². The third-order valence-electron chi connectivity index (χ3n) is 0.906. The summed E-state index contributed by atoms with van der Waals surface area (Å²) in [5.41, 5.74) is 0. The smallest absolute Gasteiger partial charge is 0.170 e. The minimum absolute atomic E-state index is 0.224. The molecule has 0 aliphatic carbocycles. The van der Waals surface area contributed by atoms with Crippen molar-refractivity contribution < 1.29 is 14.6 Å². The van der Waals surface area contributed by atoms with E-state index in [0.717, 1.165) is 0 Å². The van der Waals surface area contributed by atoms with Gasteiger partial charge in [0.2, 0.25) is 0 Å². The van der Waals surface area contributed by atoms with Crippen LogP contribution in [0.4, 0.5) is 0 Å². The predicted molar refractivity (Wildman–Crippen MR) is 31.4 cm³/mol. The second-order valence-corrected chi connectivity index (χ2v) is 2.23. The molecule has 1 aliphatic rings. The molecule has 0 aromatic rings. The molecule has 0 amide bonds. The van der Waals surface area contributed by atoms with E-state index >= 15 is 0 Å². The Hall–Kier alpha value is 0.310. The fourth-order valence-corrected chi connectivity index (χ4v) is 0.730. The topological polar surface area (TPSA) is 38.7 Å². The van der Waals surface area contributed by atoms with Crippen LogP contribution in [-0.4, -0.2) is 30.5 Å². The van der Waals surface area contributed by atoms with Crippen molar-refractivity contribution in [3.8, 4) is 0 Å². The molecule has 0 spiro atoms. The molecule has 0 radical (unpaired) electrons. The third-order valence-corrected chi connectivity index (χ3v) is 1.29. The lowest BCUT2D eigenvalue weighted by Crippen LogP contribution is -2.32. The highest BCUT2D eigenvalue weighted by atomic mass is 31.0. The molecule has 1 saturated heterocycles. The van der Waals surface area contributed by atoms with E-state index < -0.39 is 6.10 Å². The summed E-state index contributed by atoms with van der Waals surface area (Å²) >= 11 is 0. The molecule has 0 bridgehead atoms. The maximum atomic E-state index is 8.77. The summed E-state index contributed by atoms with van der Waals surface area (Å²) in [5.74, 6) is 0. The van der Waals surface area contributed by atoms with E-state index in [4.69, 9.17) is 14.6 Å². The molecule has 0 aromatic carbocycles. The van der Waals surface area contributed by atoms with Crippen LogP contribution in [0.25, 0.3) is 0 Å². The Morgan fingerprint density at radius 2 is 1.88 bits per heavy atom. The monoisotopic (exact) mass is 136 g/mol. The first-order valence-electron chi connectivity index (χ1n) is 2.46. The lowest BCUT2D eigenvalue weighted by atomic mass is 10.4. The minimum Gasteiger partial charge on any atom is -0.388 e. The first-order valence-corrected chi connectivity index (χ1v) is 3.12.